The van der Waals surface area contributed by atoms with E-state index < -0.39 is 20.0 Å². The summed E-state index contributed by atoms with van der Waals surface area (Å²) < 4.78 is 60.1. The van der Waals surface area contributed by atoms with Crippen LogP contribution in [-0.4, -0.2) is 94.4 Å². The molecule has 0 spiro atoms. The minimum Gasteiger partial charge on any atom is -0.494 e. The molecule has 8 rings (SSSR count). The predicted octanol–water partition coefficient (Wildman–Crippen LogP) is 8.91. The van der Waals surface area contributed by atoms with Crippen molar-refractivity contribution in [2.75, 3.05) is 68.8 Å². The smallest absolute Gasteiger partial charge is 0.244 e. The molecule has 2 saturated heterocycles. The molecule has 59 heavy (non-hydrogen) atoms. The molecule has 17 heteroatoms. The summed E-state index contributed by atoms with van der Waals surface area (Å²) in [6.07, 6.45) is 1.02. The fraction of sp³-hybridized carbons (Fsp3) is 0.286. The van der Waals surface area contributed by atoms with Gasteiger partial charge in [0.1, 0.15) is 15.5 Å². The first-order chi connectivity index (χ1) is 28.5. The van der Waals surface area contributed by atoms with Gasteiger partial charge in [0, 0.05) is 74.2 Å². The summed E-state index contributed by atoms with van der Waals surface area (Å²) in [5, 5.41) is 6.41. The van der Waals surface area contributed by atoms with E-state index in [4.69, 9.17) is 37.9 Å². The topological polar surface area (TPSA) is 116 Å². The molecule has 0 bridgehead atoms. The zero-order chi connectivity index (χ0) is 41.6. The molecule has 310 valence electrons. The Hall–Kier alpha value is -4.06. The van der Waals surface area contributed by atoms with Crippen LogP contribution < -0.4 is 14.5 Å². The van der Waals surface area contributed by atoms with E-state index in [1.807, 2.05) is 36.6 Å². The summed E-state index contributed by atoms with van der Waals surface area (Å²) >= 11 is 15.4. The van der Waals surface area contributed by atoms with Crippen molar-refractivity contribution >= 4 is 76.2 Å². The Kier molecular flexibility index (Phi) is 13.9. The number of hydrogen-bond donors (Lipinski definition) is 0. The van der Waals surface area contributed by atoms with Gasteiger partial charge in [-0.05, 0) is 67.4 Å². The number of hydrogen-bond acceptors (Lipinski definition) is 11. The Morgan fingerprint density at radius 2 is 0.983 bits per heavy atom. The van der Waals surface area contributed by atoms with Gasteiger partial charge in [0.2, 0.25) is 20.0 Å². The fourth-order valence-electron chi connectivity index (χ4n) is 6.71. The standard InChI is InChI=1S/C21H22ClN3O3S2.C21H22ClN3O2S2/c1-2-28-17-9-7-16(8-10-17)19-15-29-21(23-19)24-11-13-25(14-12-24)30(26,27)20-6-4-3-5-18(20)22;1-2-16-7-9-17(10-8-16)19-15-28-21(23-19)24-11-13-25(14-12-24)29(26,27)20-6-4-3-5-18(20)22/h3-10,15H,2,11-14H2,1H3;3-10,15H,2,11-14H2,1H3. The van der Waals surface area contributed by atoms with Gasteiger partial charge in [-0.25, -0.2) is 26.8 Å². The molecule has 2 aromatic heterocycles. The first kappa shape index (κ1) is 43.0. The van der Waals surface area contributed by atoms with Crippen LogP contribution in [0.2, 0.25) is 10.0 Å². The maximum atomic E-state index is 12.9. The third-order valence-corrected chi connectivity index (χ3v) is 16.6. The molecule has 0 unspecified atom stereocenters. The Labute approximate surface area is 364 Å². The summed E-state index contributed by atoms with van der Waals surface area (Å²) in [5.41, 5.74) is 5.30. The highest BCUT2D eigenvalue weighted by Gasteiger charge is 2.32. The lowest BCUT2D eigenvalue weighted by Gasteiger charge is -2.33. The van der Waals surface area contributed by atoms with Crippen LogP contribution in [0, 0.1) is 0 Å². The molecule has 0 radical (unpaired) electrons. The van der Waals surface area contributed by atoms with Crippen molar-refractivity contribution in [3.63, 3.8) is 0 Å². The first-order valence-electron chi connectivity index (χ1n) is 19.2. The Bertz CT molecular complexity index is 2550. The molecule has 11 nitrogen and oxygen atoms in total. The molecule has 2 aliphatic heterocycles. The molecule has 0 amide bonds. The van der Waals surface area contributed by atoms with Gasteiger partial charge in [0.05, 0.1) is 28.0 Å². The highest BCUT2D eigenvalue weighted by Crippen LogP contribution is 2.32. The summed E-state index contributed by atoms with van der Waals surface area (Å²) in [6, 6.07) is 29.5. The second kappa shape index (κ2) is 19.1. The quantitative estimate of drug-likeness (QED) is 0.126. The van der Waals surface area contributed by atoms with Crippen LogP contribution in [0.3, 0.4) is 0 Å². The van der Waals surface area contributed by atoms with Gasteiger partial charge in [-0.1, -0.05) is 78.7 Å². The third-order valence-electron chi connectivity index (χ3n) is 10.0. The molecule has 6 aromatic rings. The van der Waals surface area contributed by atoms with E-state index in [1.54, 1.807) is 71.2 Å². The number of ether oxygens (including phenoxy) is 1. The number of aromatic nitrogens is 2. The molecular weight excluding hydrogens is 868 g/mol. The van der Waals surface area contributed by atoms with Gasteiger partial charge in [0.25, 0.3) is 0 Å². The minimum atomic E-state index is -3.60. The van der Waals surface area contributed by atoms with Crippen molar-refractivity contribution in [1.82, 2.24) is 18.6 Å². The zero-order valence-corrected chi connectivity index (χ0v) is 37.4. The monoisotopic (exact) mass is 910 g/mol. The molecule has 0 N–H and O–H groups in total. The number of thiazole rings is 2. The van der Waals surface area contributed by atoms with Crippen LogP contribution in [0.1, 0.15) is 19.4 Å². The average Bonchev–Trinajstić information content (AvgIpc) is 3.97. The summed E-state index contributed by atoms with van der Waals surface area (Å²) in [7, 11) is -7.18. The van der Waals surface area contributed by atoms with E-state index in [9.17, 15) is 16.8 Å². The predicted molar refractivity (Wildman–Crippen MR) is 240 cm³/mol. The lowest BCUT2D eigenvalue weighted by molar-refractivity contribution is 0.340. The third kappa shape index (κ3) is 9.95. The van der Waals surface area contributed by atoms with E-state index in [0.29, 0.717) is 59.0 Å². The van der Waals surface area contributed by atoms with Crippen molar-refractivity contribution in [3.05, 3.63) is 123 Å². The van der Waals surface area contributed by atoms with Gasteiger partial charge in [0.15, 0.2) is 10.3 Å². The molecule has 2 fully saturated rings. The van der Waals surface area contributed by atoms with Crippen molar-refractivity contribution in [1.29, 1.82) is 0 Å². The van der Waals surface area contributed by atoms with Crippen LogP contribution in [0.25, 0.3) is 22.5 Å². The normalized spacial score (nSPS) is 15.5. The van der Waals surface area contributed by atoms with E-state index >= 15 is 0 Å². The number of rotatable bonds is 11. The highest BCUT2D eigenvalue weighted by atomic mass is 35.5. The fourth-order valence-corrected chi connectivity index (χ4v) is 12.3. The Morgan fingerprint density at radius 1 is 0.576 bits per heavy atom. The van der Waals surface area contributed by atoms with E-state index in [-0.39, 0.29) is 19.8 Å². The second-order valence-electron chi connectivity index (χ2n) is 13.7. The Balaban J connectivity index is 0.000000179. The number of anilines is 2. The molecule has 0 atom stereocenters. The zero-order valence-electron chi connectivity index (χ0n) is 32.6. The number of sulfonamides is 2. The van der Waals surface area contributed by atoms with Crippen LogP contribution in [0.4, 0.5) is 10.3 Å². The SMILES string of the molecule is CCOc1ccc(-c2csc(N3CCN(S(=O)(=O)c4ccccc4Cl)CC3)n2)cc1.CCc1ccc(-c2csc(N3CCN(S(=O)(=O)c4ccccc4Cl)CC3)n2)cc1. The first-order valence-corrected chi connectivity index (χ1v) is 24.6. The number of piperazine rings is 2. The molecule has 0 aliphatic carbocycles. The largest absolute Gasteiger partial charge is 0.494 e. The van der Waals surface area contributed by atoms with Gasteiger partial charge in [-0.15, -0.1) is 22.7 Å². The molecule has 4 aromatic carbocycles. The maximum Gasteiger partial charge on any atom is 0.244 e. The van der Waals surface area contributed by atoms with E-state index in [2.05, 4.69) is 46.4 Å². The van der Waals surface area contributed by atoms with Crippen LogP contribution in [-0.2, 0) is 26.5 Å². The number of halogens is 2. The van der Waals surface area contributed by atoms with E-state index in [0.717, 1.165) is 44.9 Å². The van der Waals surface area contributed by atoms with Gasteiger partial charge >= 0.3 is 0 Å². The van der Waals surface area contributed by atoms with E-state index in [1.165, 1.54) is 14.2 Å². The maximum absolute atomic E-state index is 12.9. The van der Waals surface area contributed by atoms with Crippen LogP contribution >= 0.6 is 45.9 Å². The van der Waals surface area contributed by atoms with Crippen LogP contribution in [0.15, 0.2) is 118 Å². The summed E-state index contributed by atoms with van der Waals surface area (Å²) in [6.45, 7) is 8.72. The van der Waals surface area contributed by atoms with Crippen LogP contribution in [0.5, 0.6) is 5.75 Å². The number of nitrogens with zero attached hydrogens (tertiary/aromatic N) is 6. The lowest BCUT2D eigenvalue weighted by Crippen LogP contribution is -2.48. The van der Waals surface area contributed by atoms with Gasteiger partial charge < -0.3 is 14.5 Å². The van der Waals surface area contributed by atoms with Gasteiger partial charge in [-0.3, -0.25) is 0 Å². The molecular formula is C42H44Cl2N6O5S4. The highest BCUT2D eigenvalue weighted by molar-refractivity contribution is 7.89. The minimum absolute atomic E-state index is 0.159. The molecule has 4 heterocycles. The molecule has 2 aliphatic rings. The van der Waals surface area contributed by atoms with Crippen molar-refractivity contribution in [3.8, 4) is 28.3 Å². The molecule has 0 saturated carbocycles. The van der Waals surface area contributed by atoms with Crippen molar-refractivity contribution in [2.24, 2.45) is 0 Å². The summed E-state index contributed by atoms with van der Waals surface area (Å²) in [4.78, 5) is 14.1. The van der Waals surface area contributed by atoms with Gasteiger partial charge in [-0.2, -0.15) is 8.61 Å². The second-order valence-corrected chi connectivity index (χ2v) is 20.0. The Morgan fingerprint density at radius 3 is 1.37 bits per heavy atom. The lowest BCUT2D eigenvalue weighted by atomic mass is 10.1. The summed E-state index contributed by atoms with van der Waals surface area (Å²) in [5.74, 6) is 0.840. The average molecular weight is 912 g/mol. The number of benzene rings is 4. The number of aryl methyl sites for hydroxylation is 1. The van der Waals surface area contributed by atoms with Crippen molar-refractivity contribution < 1.29 is 21.6 Å². The van der Waals surface area contributed by atoms with Crippen molar-refractivity contribution in [2.45, 2.75) is 30.1 Å².